The van der Waals surface area contributed by atoms with Gasteiger partial charge in [-0.2, -0.15) is 0 Å². The highest BCUT2D eigenvalue weighted by molar-refractivity contribution is 5.78. The Labute approximate surface area is 148 Å². The van der Waals surface area contributed by atoms with Gasteiger partial charge in [-0.1, -0.05) is 55.8 Å². The van der Waals surface area contributed by atoms with Crippen LogP contribution in [-0.4, -0.2) is 22.8 Å². The van der Waals surface area contributed by atoms with Gasteiger partial charge in [0, 0.05) is 18.7 Å². The standard InChI is InChI=1S/C20H24N2O3/c1-3-4-7-16-10-12-17(13-11-16)14-20(23)21(2)15-18-8-5-6-9-19(18)22(24)25/h5-6,8-13H,3-4,7,14-15H2,1-2H3. The van der Waals surface area contributed by atoms with Crippen LogP contribution in [0.25, 0.3) is 0 Å². The summed E-state index contributed by atoms with van der Waals surface area (Å²) in [4.78, 5) is 24.6. The number of nitrogens with zero attached hydrogens (tertiary/aromatic N) is 2. The summed E-state index contributed by atoms with van der Waals surface area (Å²) in [5.74, 6) is -0.0561. The molecule has 0 heterocycles. The maximum Gasteiger partial charge on any atom is 0.274 e. The number of amides is 1. The van der Waals surface area contributed by atoms with Crippen LogP contribution in [0, 0.1) is 10.1 Å². The van der Waals surface area contributed by atoms with Crippen molar-refractivity contribution in [3.63, 3.8) is 0 Å². The van der Waals surface area contributed by atoms with Crippen molar-refractivity contribution in [2.45, 2.75) is 39.2 Å². The number of hydrogen-bond donors (Lipinski definition) is 0. The number of benzene rings is 2. The molecular weight excluding hydrogens is 316 g/mol. The zero-order valence-electron chi connectivity index (χ0n) is 14.8. The molecule has 0 aliphatic carbocycles. The highest BCUT2D eigenvalue weighted by Crippen LogP contribution is 2.19. The molecular formula is C20H24N2O3. The Morgan fingerprint density at radius 1 is 1.08 bits per heavy atom. The first-order valence-electron chi connectivity index (χ1n) is 8.55. The minimum atomic E-state index is -0.414. The van der Waals surface area contributed by atoms with Crippen LogP contribution < -0.4 is 0 Å². The molecule has 0 fully saturated rings. The first kappa shape index (κ1) is 18.6. The van der Waals surface area contributed by atoms with E-state index in [0.29, 0.717) is 12.0 Å². The average molecular weight is 340 g/mol. The fourth-order valence-electron chi connectivity index (χ4n) is 2.68. The molecule has 0 aliphatic heterocycles. The Morgan fingerprint density at radius 2 is 1.72 bits per heavy atom. The van der Waals surface area contributed by atoms with Crippen LogP contribution in [0.1, 0.15) is 36.5 Å². The van der Waals surface area contributed by atoms with Crippen LogP contribution in [0.3, 0.4) is 0 Å². The summed E-state index contributed by atoms with van der Waals surface area (Å²) in [5.41, 5.74) is 2.83. The highest BCUT2D eigenvalue weighted by atomic mass is 16.6. The Balaban J connectivity index is 1.97. The molecule has 2 aromatic rings. The van der Waals surface area contributed by atoms with Crippen LogP contribution in [0.5, 0.6) is 0 Å². The number of aryl methyl sites for hydroxylation is 1. The van der Waals surface area contributed by atoms with Gasteiger partial charge in [0.1, 0.15) is 0 Å². The van der Waals surface area contributed by atoms with E-state index in [0.717, 1.165) is 24.8 Å². The van der Waals surface area contributed by atoms with E-state index >= 15 is 0 Å². The molecule has 25 heavy (non-hydrogen) atoms. The average Bonchev–Trinajstić information content (AvgIpc) is 2.61. The van der Waals surface area contributed by atoms with Crippen molar-refractivity contribution in [1.29, 1.82) is 0 Å². The normalized spacial score (nSPS) is 10.5. The van der Waals surface area contributed by atoms with Crippen molar-refractivity contribution in [1.82, 2.24) is 4.90 Å². The molecule has 0 bridgehead atoms. The molecule has 5 heteroatoms. The van der Waals surface area contributed by atoms with Crippen molar-refractivity contribution < 1.29 is 9.72 Å². The Hall–Kier alpha value is -2.69. The van der Waals surface area contributed by atoms with Crippen LogP contribution in [-0.2, 0) is 24.2 Å². The van der Waals surface area contributed by atoms with Crippen LogP contribution >= 0.6 is 0 Å². The van der Waals surface area contributed by atoms with Crippen LogP contribution in [0.2, 0.25) is 0 Å². The minimum Gasteiger partial charge on any atom is -0.341 e. The van der Waals surface area contributed by atoms with Gasteiger partial charge in [-0.3, -0.25) is 14.9 Å². The fourth-order valence-corrected chi connectivity index (χ4v) is 2.68. The molecule has 2 aromatic carbocycles. The number of nitro benzene ring substituents is 1. The predicted octanol–water partition coefficient (Wildman–Crippen LogP) is 4.14. The van der Waals surface area contributed by atoms with E-state index in [1.807, 2.05) is 12.1 Å². The lowest BCUT2D eigenvalue weighted by Crippen LogP contribution is -2.28. The lowest BCUT2D eigenvalue weighted by Gasteiger charge is -2.17. The minimum absolute atomic E-state index is 0.0439. The third-order valence-corrected chi connectivity index (χ3v) is 4.22. The molecule has 2 rings (SSSR count). The molecule has 0 saturated heterocycles. The molecule has 0 saturated carbocycles. The van der Waals surface area contributed by atoms with Crippen LogP contribution in [0.15, 0.2) is 48.5 Å². The quantitative estimate of drug-likeness (QED) is 0.536. The molecule has 5 nitrogen and oxygen atoms in total. The first-order chi connectivity index (χ1) is 12.0. The number of carbonyl (C=O) groups excluding carboxylic acids is 1. The number of unbranched alkanes of at least 4 members (excludes halogenated alkanes) is 1. The highest BCUT2D eigenvalue weighted by Gasteiger charge is 2.17. The third kappa shape index (κ3) is 5.41. The summed E-state index contributed by atoms with van der Waals surface area (Å²) in [7, 11) is 1.68. The number of para-hydroxylation sites is 1. The molecule has 0 N–H and O–H groups in total. The van der Waals surface area contributed by atoms with Gasteiger partial charge in [0.05, 0.1) is 17.9 Å². The largest absolute Gasteiger partial charge is 0.341 e. The SMILES string of the molecule is CCCCc1ccc(CC(=O)N(C)Cc2ccccc2[N+](=O)[O-])cc1. The van der Waals surface area contributed by atoms with Crippen molar-refractivity contribution in [3.8, 4) is 0 Å². The maximum absolute atomic E-state index is 12.4. The number of likely N-dealkylation sites (N-methyl/N-ethyl adjacent to an activating group) is 1. The van der Waals surface area contributed by atoms with Gasteiger partial charge in [0.15, 0.2) is 0 Å². The Kier molecular flexibility index (Phi) is 6.69. The van der Waals surface area contributed by atoms with E-state index in [1.165, 1.54) is 16.5 Å². The monoisotopic (exact) mass is 340 g/mol. The van der Waals surface area contributed by atoms with E-state index in [9.17, 15) is 14.9 Å². The van der Waals surface area contributed by atoms with Gasteiger partial charge >= 0.3 is 0 Å². The van der Waals surface area contributed by atoms with E-state index in [2.05, 4.69) is 19.1 Å². The molecule has 0 radical (unpaired) electrons. The molecule has 0 spiro atoms. The van der Waals surface area contributed by atoms with Gasteiger partial charge in [-0.25, -0.2) is 0 Å². The van der Waals surface area contributed by atoms with E-state index in [1.54, 1.807) is 25.2 Å². The molecule has 0 unspecified atom stereocenters. The Morgan fingerprint density at radius 3 is 2.36 bits per heavy atom. The predicted molar refractivity (Wildman–Crippen MR) is 98.3 cm³/mol. The van der Waals surface area contributed by atoms with Gasteiger partial charge in [-0.05, 0) is 24.0 Å². The lowest BCUT2D eigenvalue weighted by atomic mass is 10.0. The Bertz CT molecular complexity index is 726. The summed E-state index contributed by atoms with van der Waals surface area (Å²) >= 11 is 0. The zero-order chi connectivity index (χ0) is 18.2. The first-order valence-corrected chi connectivity index (χ1v) is 8.55. The van der Waals surface area contributed by atoms with Crippen LogP contribution in [0.4, 0.5) is 5.69 Å². The number of rotatable bonds is 8. The van der Waals surface area contributed by atoms with E-state index in [4.69, 9.17) is 0 Å². The second-order valence-electron chi connectivity index (χ2n) is 6.23. The summed E-state index contributed by atoms with van der Waals surface area (Å²) in [6.45, 7) is 2.39. The summed E-state index contributed by atoms with van der Waals surface area (Å²) in [6, 6.07) is 14.6. The fraction of sp³-hybridized carbons (Fsp3) is 0.350. The lowest BCUT2D eigenvalue weighted by molar-refractivity contribution is -0.385. The topological polar surface area (TPSA) is 63.5 Å². The molecule has 132 valence electrons. The smallest absolute Gasteiger partial charge is 0.274 e. The number of hydrogen-bond acceptors (Lipinski definition) is 3. The van der Waals surface area contributed by atoms with Gasteiger partial charge < -0.3 is 4.90 Å². The molecule has 0 aromatic heterocycles. The maximum atomic E-state index is 12.4. The van der Waals surface area contributed by atoms with Crippen molar-refractivity contribution in [2.75, 3.05) is 7.05 Å². The third-order valence-electron chi connectivity index (χ3n) is 4.22. The van der Waals surface area contributed by atoms with Crippen molar-refractivity contribution in [2.24, 2.45) is 0 Å². The van der Waals surface area contributed by atoms with Gasteiger partial charge in [0.2, 0.25) is 5.91 Å². The van der Waals surface area contributed by atoms with Crippen molar-refractivity contribution >= 4 is 11.6 Å². The number of nitro groups is 1. The second kappa shape index (κ2) is 8.97. The van der Waals surface area contributed by atoms with Gasteiger partial charge in [-0.15, -0.1) is 0 Å². The second-order valence-corrected chi connectivity index (χ2v) is 6.23. The molecule has 0 aliphatic rings. The van der Waals surface area contributed by atoms with E-state index < -0.39 is 4.92 Å². The van der Waals surface area contributed by atoms with E-state index in [-0.39, 0.29) is 18.1 Å². The van der Waals surface area contributed by atoms with Gasteiger partial charge in [0.25, 0.3) is 5.69 Å². The number of carbonyl (C=O) groups is 1. The molecule has 0 atom stereocenters. The zero-order valence-corrected chi connectivity index (χ0v) is 14.8. The summed E-state index contributed by atoms with van der Waals surface area (Å²) in [5, 5.41) is 11.1. The van der Waals surface area contributed by atoms with Crippen molar-refractivity contribution in [3.05, 3.63) is 75.3 Å². The molecule has 1 amide bonds. The summed E-state index contributed by atoms with van der Waals surface area (Å²) in [6.07, 6.45) is 3.68. The summed E-state index contributed by atoms with van der Waals surface area (Å²) < 4.78 is 0.